The summed E-state index contributed by atoms with van der Waals surface area (Å²) in [7, 11) is 0. The van der Waals surface area contributed by atoms with Crippen molar-refractivity contribution in [2.45, 2.75) is 12.3 Å². The van der Waals surface area contributed by atoms with E-state index >= 15 is 0 Å². The molecule has 0 amide bonds. The van der Waals surface area contributed by atoms with Crippen molar-refractivity contribution in [1.29, 1.82) is 0 Å². The van der Waals surface area contributed by atoms with E-state index in [2.05, 4.69) is 15.0 Å². The number of carbonyl (C=O) groups excluding carboxylic acids is 1. The number of imidazole rings is 1. The fourth-order valence-corrected chi connectivity index (χ4v) is 2.87. The van der Waals surface area contributed by atoms with Gasteiger partial charge in [0.1, 0.15) is 12.7 Å². The van der Waals surface area contributed by atoms with Crippen LogP contribution in [0.25, 0.3) is 11.2 Å². The van der Waals surface area contributed by atoms with E-state index in [0.717, 1.165) is 0 Å². The first-order chi connectivity index (χ1) is 12.6. The van der Waals surface area contributed by atoms with Crippen molar-refractivity contribution < 1.29 is 14.3 Å². The molecule has 3 aromatic rings. The predicted octanol–water partition coefficient (Wildman–Crippen LogP) is 2.08. The highest BCUT2D eigenvalue weighted by atomic mass is 35.5. The molecule has 1 aromatic carbocycles. The van der Waals surface area contributed by atoms with Crippen LogP contribution in [0.15, 0.2) is 53.9 Å². The second-order valence-electron chi connectivity index (χ2n) is 5.58. The van der Waals surface area contributed by atoms with Gasteiger partial charge in [-0.1, -0.05) is 29.8 Å². The number of H-pyrrole nitrogens is 1. The van der Waals surface area contributed by atoms with Crippen LogP contribution in [0.2, 0.25) is 5.02 Å². The standard InChI is InChI=1S/C17H13ClN4O4/c18-12-4-2-1-3-11(12)17(24)25-7-10-5-6-13(26-10)22-9-21-14-15(22)19-8-20-16(14)23/h1-6,8-10,13H,7H2,(H,19,20,23)/t10-,13+/m0/s1. The Morgan fingerprint density at radius 1 is 1.31 bits per heavy atom. The van der Waals surface area contributed by atoms with E-state index in [1.807, 2.05) is 0 Å². The molecule has 3 heterocycles. The first-order valence-corrected chi connectivity index (χ1v) is 8.17. The van der Waals surface area contributed by atoms with Gasteiger partial charge in [0.2, 0.25) is 0 Å². The summed E-state index contributed by atoms with van der Waals surface area (Å²) in [6, 6.07) is 6.67. The second-order valence-corrected chi connectivity index (χ2v) is 5.99. The van der Waals surface area contributed by atoms with E-state index < -0.39 is 18.3 Å². The zero-order valence-electron chi connectivity index (χ0n) is 13.3. The lowest BCUT2D eigenvalue weighted by atomic mass is 10.2. The quantitative estimate of drug-likeness (QED) is 0.556. The Hall–Kier alpha value is -2.97. The van der Waals surface area contributed by atoms with Gasteiger partial charge in [0.05, 0.1) is 23.2 Å². The number of carbonyl (C=O) groups is 1. The van der Waals surface area contributed by atoms with Gasteiger partial charge in [0.15, 0.2) is 17.4 Å². The number of rotatable bonds is 4. The molecule has 0 spiro atoms. The zero-order valence-corrected chi connectivity index (χ0v) is 14.1. The molecule has 2 aromatic heterocycles. The highest BCUT2D eigenvalue weighted by Crippen LogP contribution is 2.24. The van der Waals surface area contributed by atoms with Gasteiger partial charge in [0, 0.05) is 0 Å². The third kappa shape index (κ3) is 3.00. The van der Waals surface area contributed by atoms with Crippen LogP contribution in [0.4, 0.5) is 0 Å². The number of aromatic nitrogens is 4. The Morgan fingerprint density at radius 3 is 3.00 bits per heavy atom. The monoisotopic (exact) mass is 372 g/mol. The van der Waals surface area contributed by atoms with Crippen molar-refractivity contribution in [2.75, 3.05) is 6.61 Å². The van der Waals surface area contributed by atoms with Crippen molar-refractivity contribution in [3.63, 3.8) is 0 Å². The molecule has 8 nitrogen and oxygen atoms in total. The van der Waals surface area contributed by atoms with Crippen LogP contribution >= 0.6 is 11.6 Å². The second kappa shape index (κ2) is 6.74. The fraction of sp³-hybridized carbons (Fsp3) is 0.176. The number of hydrogen-bond acceptors (Lipinski definition) is 6. The van der Waals surface area contributed by atoms with E-state index in [1.54, 1.807) is 41.0 Å². The molecule has 1 aliphatic rings. The van der Waals surface area contributed by atoms with Crippen molar-refractivity contribution in [3.8, 4) is 0 Å². The maximum absolute atomic E-state index is 12.1. The number of fused-ring (bicyclic) bond motifs is 1. The number of benzene rings is 1. The first kappa shape index (κ1) is 16.5. The van der Waals surface area contributed by atoms with Crippen LogP contribution in [0.5, 0.6) is 0 Å². The molecular formula is C17H13ClN4O4. The molecule has 132 valence electrons. The van der Waals surface area contributed by atoms with Crippen molar-refractivity contribution in [2.24, 2.45) is 0 Å². The van der Waals surface area contributed by atoms with Crippen LogP contribution in [0.1, 0.15) is 16.6 Å². The topological polar surface area (TPSA) is 99.1 Å². The SMILES string of the molecule is O=C(OC[C@@H]1C=C[C@H](n2cnc3c(=O)[nH]cnc32)O1)c1ccccc1Cl. The molecule has 1 aliphatic heterocycles. The molecule has 4 rings (SSSR count). The van der Waals surface area contributed by atoms with Crippen LogP contribution in [-0.2, 0) is 9.47 Å². The average Bonchev–Trinajstić information content (AvgIpc) is 3.27. The third-order valence-electron chi connectivity index (χ3n) is 3.92. The Bertz CT molecular complexity index is 1060. The minimum absolute atomic E-state index is 0.0394. The van der Waals surface area contributed by atoms with Crippen molar-refractivity contribution >= 4 is 28.7 Å². The fourth-order valence-electron chi connectivity index (χ4n) is 2.65. The number of halogens is 1. The summed E-state index contributed by atoms with van der Waals surface area (Å²) in [6.07, 6.45) is 5.45. The van der Waals surface area contributed by atoms with Gasteiger partial charge in [-0.15, -0.1) is 0 Å². The van der Waals surface area contributed by atoms with Crippen LogP contribution in [0, 0.1) is 0 Å². The summed E-state index contributed by atoms with van der Waals surface area (Å²) in [5.74, 6) is -0.516. The van der Waals surface area contributed by atoms with E-state index in [9.17, 15) is 9.59 Å². The van der Waals surface area contributed by atoms with E-state index in [-0.39, 0.29) is 17.7 Å². The van der Waals surface area contributed by atoms with E-state index in [0.29, 0.717) is 16.2 Å². The third-order valence-corrected chi connectivity index (χ3v) is 4.25. The highest BCUT2D eigenvalue weighted by Gasteiger charge is 2.24. The minimum atomic E-state index is -0.516. The van der Waals surface area contributed by atoms with Gasteiger partial charge >= 0.3 is 5.97 Å². The normalized spacial score (nSPS) is 19.1. The Kier molecular flexibility index (Phi) is 4.27. The minimum Gasteiger partial charge on any atom is -0.459 e. The number of hydrogen-bond donors (Lipinski definition) is 1. The van der Waals surface area contributed by atoms with E-state index in [4.69, 9.17) is 21.1 Å². The lowest BCUT2D eigenvalue weighted by molar-refractivity contribution is -0.0194. The lowest BCUT2D eigenvalue weighted by Gasteiger charge is -2.15. The number of nitrogens with one attached hydrogen (secondary N) is 1. The molecule has 0 radical (unpaired) electrons. The largest absolute Gasteiger partial charge is 0.459 e. The van der Waals surface area contributed by atoms with Gasteiger partial charge in [-0.05, 0) is 18.2 Å². The summed E-state index contributed by atoms with van der Waals surface area (Å²) < 4.78 is 12.7. The zero-order chi connectivity index (χ0) is 18.1. The molecule has 1 N–H and O–H groups in total. The molecule has 0 saturated carbocycles. The molecule has 0 saturated heterocycles. The Balaban J connectivity index is 1.42. The summed E-state index contributed by atoms with van der Waals surface area (Å²) in [6.45, 7) is 0.0394. The number of esters is 1. The summed E-state index contributed by atoms with van der Waals surface area (Å²) in [4.78, 5) is 34.5. The molecule has 0 aliphatic carbocycles. The van der Waals surface area contributed by atoms with Gasteiger partial charge in [-0.2, -0.15) is 0 Å². The summed E-state index contributed by atoms with van der Waals surface area (Å²) in [5, 5.41) is 0.333. The van der Waals surface area contributed by atoms with Crippen molar-refractivity contribution in [1.82, 2.24) is 19.5 Å². The summed E-state index contributed by atoms with van der Waals surface area (Å²) >= 11 is 5.98. The predicted molar refractivity (Wildman–Crippen MR) is 92.9 cm³/mol. The van der Waals surface area contributed by atoms with Gasteiger partial charge in [-0.25, -0.2) is 14.8 Å². The maximum atomic E-state index is 12.1. The summed E-state index contributed by atoms with van der Waals surface area (Å²) in [5.41, 5.74) is 0.632. The van der Waals surface area contributed by atoms with Gasteiger partial charge in [0.25, 0.3) is 5.56 Å². The smallest absolute Gasteiger partial charge is 0.339 e. The molecule has 0 unspecified atom stereocenters. The molecular weight excluding hydrogens is 360 g/mol. The number of ether oxygens (including phenoxy) is 2. The highest BCUT2D eigenvalue weighted by molar-refractivity contribution is 6.33. The van der Waals surface area contributed by atoms with Crippen LogP contribution in [-0.4, -0.2) is 38.2 Å². The van der Waals surface area contributed by atoms with Gasteiger partial charge in [-0.3, -0.25) is 9.36 Å². The molecule has 0 bridgehead atoms. The van der Waals surface area contributed by atoms with Crippen molar-refractivity contribution in [3.05, 3.63) is 70.0 Å². The lowest BCUT2D eigenvalue weighted by Crippen LogP contribution is -2.20. The maximum Gasteiger partial charge on any atom is 0.339 e. The number of nitrogens with zero attached hydrogens (tertiary/aromatic N) is 3. The molecule has 26 heavy (non-hydrogen) atoms. The Labute approximate surface area is 152 Å². The van der Waals surface area contributed by atoms with E-state index in [1.165, 1.54) is 12.7 Å². The number of aromatic amines is 1. The molecule has 0 fully saturated rings. The molecule has 9 heteroatoms. The van der Waals surface area contributed by atoms with Gasteiger partial charge < -0.3 is 14.5 Å². The average molecular weight is 373 g/mol. The van der Waals surface area contributed by atoms with Crippen LogP contribution < -0.4 is 5.56 Å². The molecule has 2 atom stereocenters. The Morgan fingerprint density at radius 2 is 2.15 bits per heavy atom. The first-order valence-electron chi connectivity index (χ1n) is 7.79. The van der Waals surface area contributed by atoms with Crippen LogP contribution in [0.3, 0.4) is 0 Å².